The summed E-state index contributed by atoms with van der Waals surface area (Å²) in [5.74, 6) is -0.353. The second-order valence-electron chi connectivity index (χ2n) is 3.84. The molecule has 1 amide bonds. The summed E-state index contributed by atoms with van der Waals surface area (Å²) in [7, 11) is 1.56. The van der Waals surface area contributed by atoms with Gasteiger partial charge in [0.1, 0.15) is 0 Å². The van der Waals surface area contributed by atoms with Gasteiger partial charge < -0.3 is 0 Å². The van der Waals surface area contributed by atoms with E-state index in [9.17, 15) is 14.9 Å². The van der Waals surface area contributed by atoms with Gasteiger partial charge in [-0.1, -0.05) is 11.2 Å². The van der Waals surface area contributed by atoms with E-state index in [1.165, 1.54) is 22.9 Å². The molecule has 0 saturated carbocycles. The molecule has 0 atom stereocenters. The first-order valence-electron chi connectivity index (χ1n) is 5.28. The van der Waals surface area contributed by atoms with Gasteiger partial charge in [-0.05, 0) is 23.4 Å². The van der Waals surface area contributed by atoms with Crippen LogP contribution in [0.15, 0.2) is 18.2 Å². The Morgan fingerprint density at radius 2 is 2.21 bits per heavy atom. The highest BCUT2D eigenvalue weighted by molar-refractivity contribution is 6.03. The van der Waals surface area contributed by atoms with Crippen molar-refractivity contribution in [3.05, 3.63) is 39.4 Å². The zero-order valence-corrected chi connectivity index (χ0v) is 10.2. The lowest BCUT2D eigenvalue weighted by molar-refractivity contribution is -0.385. The fourth-order valence-corrected chi connectivity index (χ4v) is 1.46. The normalized spacial score (nSPS) is 10.2. The van der Waals surface area contributed by atoms with Crippen LogP contribution in [-0.4, -0.2) is 31.0 Å². The van der Waals surface area contributed by atoms with E-state index < -0.39 is 10.8 Å². The largest absolute Gasteiger partial charge is 0.289 e. The van der Waals surface area contributed by atoms with Crippen molar-refractivity contribution in [2.75, 3.05) is 5.32 Å². The van der Waals surface area contributed by atoms with Gasteiger partial charge in [-0.2, -0.15) is 0 Å². The average Bonchev–Trinajstić information content (AvgIpc) is 2.75. The smallest absolute Gasteiger partial charge is 0.273 e. The molecular weight excluding hydrogens is 252 g/mol. The second kappa shape index (κ2) is 4.80. The molecule has 0 fully saturated rings. The van der Waals surface area contributed by atoms with E-state index in [-0.39, 0.29) is 17.2 Å². The van der Waals surface area contributed by atoms with Crippen LogP contribution in [-0.2, 0) is 7.05 Å². The van der Waals surface area contributed by atoms with E-state index >= 15 is 0 Å². The Morgan fingerprint density at radius 1 is 1.47 bits per heavy atom. The van der Waals surface area contributed by atoms with Crippen LogP contribution in [0.3, 0.4) is 0 Å². The quantitative estimate of drug-likeness (QED) is 0.642. The van der Waals surface area contributed by atoms with Gasteiger partial charge in [-0.25, -0.2) is 4.68 Å². The van der Waals surface area contributed by atoms with Gasteiger partial charge in [0.15, 0.2) is 0 Å². The maximum absolute atomic E-state index is 11.9. The highest BCUT2D eigenvalue weighted by atomic mass is 16.6. The van der Waals surface area contributed by atoms with Crippen molar-refractivity contribution < 1.29 is 9.72 Å². The third-order valence-corrected chi connectivity index (χ3v) is 2.51. The van der Waals surface area contributed by atoms with Gasteiger partial charge in [0, 0.05) is 24.2 Å². The maximum Gasteiger partial charge on any atom is 0.273 e. The first kappa shape index (κ1) is 12.6. The summed E-state index contributed by atoms with van der Waals surface area (Å²) >= 11 is 0. The number of tetrazole rings is 1. The summed E-state index contributed by atoms with van der Waals surface area (Å²) < 4.78 is 1.28. The molecule has 0 spiro atoms. The van der Waals surface area contributed by atoms with E-state index in [1.807, 2.05) is 0 Å². The molecule has 0 unspecified atom stereocenters. The molecule has 0 aliphatic rings. The molecule has 0 radical (unpaired) electrons. The number of benzene rings is 1. The van der Waals surface area contributed by atoms with Crippen LogP contribution in [0.4, 0.5) is 11.6 Å². The summed E-state index contributed by atoms with van der Waals surface area (Å²) in [6.45, 7) is 1.60. The third kappa shape index (κ3) is 2.54. The summed E-state index contributed by atoms with van der Waals surface area (Å²) in [6, 6.07) is 4.23. The van der Waals surface area contributed by atoms with E-state index in [1.54, 1.807) is 14.0 Å². The van der Waals surface area contributed by atoms with Crippen LogP contribution < -0.4 is 5.32 Å². The van der Waals surface area contributed by atoms with Crippen LogP contribution in [0.25, 0.3) is 0 Å². The number of hydrogen-bond donors (Lipinski definition) is 1. The topological polar surface area (TPSA) is 116 Å². The molecule has 2 rings (SSSR count). The Labute approximate surface area is 107 Å². The molecule has 1 aromatic heterocycles. The van der Waals surface area contributed by atoms with Crippen molar-refractivity contribution >= 4 is 17.5 Å². The van der Waals surface area contributed by atoms with Crippen LogP contribution in [0.2, 0.25) is 0 Å². The fraction of sp³-hybridized carbons (Fsp3) is 0.200. The average molecular weight is 262 g/mol. The summed E-state index contributed by atoms with van der Waals surface area (Å²) in [5.41, 5.74) is 0.547. The van der Waals surface area contributed by atoms with E-state index in [2.05, 4.69) is 20.8 Å². The van der Waals surface area contributed by atoms with Gasteiger partial charge >= 0.3 is 0 Å². The monoisotopic (exact) mass is 262 g/mol. The Balaban J connectivity index is 2.27. The van der Waals surface area contributed by atoms with Crippen LogP contribution in [0, 0.1) is 17.0 Å². The van der Waals surface area contributed by atoms with E-state index in [0.717, 1.165) is 0 Å². The molecule has 2 aromatic rings. The van der Waals surface area contributed by atoms with Crippen molar-refractivity contribution in [2.45, 2.75) is 6.92 Å². The zero-order valence-electron chi connectivity index (χ0n) is 10.2. The lowest BCUT2D eigenvalue weighted by atomic mass is 10.1. The lowest BCUT2D eigenvalue weighted by Gasteiger charge is -2.04. The van der Waals surface area contributed by atoms with Gasteiger partial charge in [-0.15, -0.1) is 0 Å². The predicted molar refractivity (Wildman–Crippen MR) is 64.6 cm³/mol. The number of nitro benzene ring substituents is 1. The zero-order chi connectivity index (χ0) is 14.0. The Hall–Kier alpha value is -2.84. The van der Waals surface area contributed by atoms with Crippen molar-refractivity contribution in [3.63, 3.8) is 0 Å². The molecule has 0 bridgehead atoms. The van der Waals surface area contributed by atoms with Crippen LogP contribution in [0.1, 0.15) is 15.9 Å². The maximum atomic E-state index is 11.9. The summed E-state index contributed by atoms with van der Waals surface area (Å²) in [5, 5.41) is 23.8. The number of carbonyl (C=O) groups is 1. The SMILES string of the molecule is Cc1ccc(C(=O)Nc2nnnn2C)cc1[N+](=O)[O-]. The van der Waals surface area contributed by atoms with Crippen molar-refractivity contribution in [3.8, 4) is 0 Å². The molecule has 0 saturated heterocycles. The number of nitro groups is 1. The van der Waals surface area contributed by atoms with Crippen molar-refractivity contribution in [1.82, 2.24) is 20.2 Å². The predicted octanol–water partition coefficient (Wildman–Crippen LogP) is 0.679. The minimum absolute atomic E-state index is 0.108. The van der Waals surface area contributed by atoms with Gasteiger partial charge in [0.2, 0.25) is 5.95 Å². The minimum atomic E-state index is -0.532. The minimum Gasteiger partial charge on any atom is -0.289 e. The molecule has 0 aliphatic carbocycles. The molecule has 1 aromatic carbocycles. The summed E-state index contributed by atoms with van der Waals surface area (Å²) in [4.78, 5) is 22.2. The number of rotatable bonds is 3. The Kier molecular flexibility index (Phi) is 3.19. The molecular formula is C10H10N6O3. The number of amides is 1. The Bertz CT molecular complexity index is 650. The number of nitrogens with one attached hydrogen (secondary N) is 1. The number of aromatic nitrogens is 4. The standard InChI is InChI=1S/C10H10N6O3/c1-6-3-4-7(5-8(6)16(18)19)9(17)11-10-12-13-14-15(10)2/h3-5H,1-2H3,(H,11,12,14,17). The van der Waals surface area contributed by atoms with Gasteiger partial charge in [0.05, 0.1) is 4.92 Å². The van der Waals surface area contributed by atoms with E-state index in [4.69, 9.17) is 0 Å². The highest BCUT2D eigenvalue weighted by Gasteiger charge is 2.16. The number of hydrogen-bond acceptors (Lipinski definition) is 6. The summed E-state index contributed by atoms with van der Waals surface area (Å²) in [6.07, 6.45) is 0. The number of nitrogens with zero attached hydrogens (tertiary/aromatic N) is 5. The van der Waals surface area contributed by atoms with E-state index in [0.29, 0.717) is 5.56 Å². The molecule has 1 heterocycles. The second-order valence-corrected chi connectivity index (χ2v) is 3.84. The lowest BCUT2D eigenvalue weighted by Crippen LogP contribution is -2.15. The molecule has 1 N–H and O–H groups in total. The third-order valence-electron chi connectivity index (χ3n) is 2.51. The first-order chi connectivity index (χ1) is 8.99. The van der Waals surface area contributed by atoms with Gasteiger partial charge in [0.25, 0.3) is 11.6 Å². The first-order valence-corrected chi connectivity index (χ1v) is 5.28. The molecule has 0 aliphatic heterocycles. The van der Waals surface area contributed by atoms with Crippen molar-refractivity contribution in [2.24, 2.45) is 7.05 Å². The molecule has 98 valence electrons. The number of anilines is 1. The van der Waals surface area contributed by atoms with Crippen LogP contribution in [0.5, 0.6) is 0 Å². The van der Waals surface area contributed by atoms with Gasteiger partial charge in [-0.3, -0.25) is 20.2 Å². The Morgan fingerprint density at radius 3 is 2.79 bits per heavy atom. The fourth-order valence-electron chi connectivity index (χ4n) is 1.46. The van der Waals surface area contributed by atoms with Crippen LogP contribution >= 0.6 is 0 Å². The number of aryl methyl sites for hydroxylation is 2. The highest BCUT2D eigenvalue weighted by Crippen LogP contribution is 2.19. The molecule has 9 nitrogen and oxygen atoms in total. The number of carbonyl (C=O) groups excluding carboxylic acids is 1. The molecule has 19 heavy (non-hydrogen) atoms. The van der Waals surface area contributed by atoms with Crippen molar-refractivity contribution in [1.29, 1.82) is 0 Å². The molecule has 9 heteroatoms.